The van der Waals surface area contributed by atoms with E-state index in [1.807, 2.05) is 6.07 Å². The number of aromatic carboxylic acids is 1. The highest BCUT2D eigenvalue weighted by Gasteiger charge is 2.13. The van der Waals surface area contributed by atoms with E-state index in [1.54, 1.807) is 0 Å². The maximum absolute atomic E-state index is 12.1. The lowest BCUT2D eigenvalue weighted by molar-refractivity contribution is -0.0505. The Morgan fingerprint density at radius 1 is 1.53 bits per heavy atom. The topological polar surface area (TPSA) is 70.3 Å². The standard InChI is InChI=1S/C11H9F2NO3/c12-11(13)17-9-6-8(10(15)16)4-3-7(9)2-1-5-14/h3-4,6,11H,1-2H2,(H,15,16). The molecule has 0 unspecified atom stereocenters. The molecule has 0 fully saturated rings. The second-order valence-electron chi connectivity index (χ2n) is 3.16. The van der Waals surface area contributed by atoms with Crippen molar-refractivity contribution in [1.29, 1.82) is 5.26 Å². The van der Waals surface area contributed by atoms with Crippen molar-refractivity contribution in [3.63, 3.8) is 0 Å². The molecule has 0 spiro atoms. The van der Waals surface area contributed by atoms with Crippen molar-refractivity contribution in [1.82, 2.24) is 0 Å². The van der Waals surface area contributed by atoms with Gasteiger partial charge in [0.2, 0.25) is 0 Å². The van der Waals surface area contributed by atoms with Crippen LogP contribution in [-0.4, -0.2) is 17.7 Å². The molecule has 90 valence electrons. The minimum Gasteiger partial charge on any atom is -0.478 e. The second kappa shape index (κ2) is 5.80. The van der Waals surface area contributed by atoms with Gasteiger partial charge >= 0.3 is 12.6 Å². The molecule has 0 saturated carbocycles. The molecule has 1 N–H and O–H groups in total. The van der Waals surface area contributed by atoms with Crippen LogP contribution in [0.15, 0.2) is 18.2 Å². The van der Waals surface area contributed by atoms with E-state index in [4.69, 9.17) is 10.4 Å². The number of hydrogen-bond acceptors (Lipinski definition) is 3. The number of benzene rings is 1. The molecule has 6 heteroatoms. The molecule has 0 radical (unpaired) electrons. The zero-order chi connectivity index (χ0) is 12.8. The Kier molecular flexibility index (Phi) is 4.40. The Hall–Kier alpha value is -2.16. The van der Waals surface area contributed by atoms with Crippen molar-refractivity contribution in [3.8, 4) is 11.8 Å². The number of hydrogen-bond donors (Lipinski definition) is 1. The summed E-state index contributed by atoms with van der Waals surface area (Å²) < 4.78 is 28.5. The second-order valence-corrected chi connectivity index (χ2v) is 3.16. The van der Waals surface area contributed by atoms with Crippen LogP contribution in [0.1, 0.15) is 22.3 Å². The first-order valence-corrected chi connectivity index (χ1v) is 4.72. The van der Waals surface area contributed by atoms with E-state index in [0.717, 1.165) is 6.07 Å². The summed E-state index contributed by atoms with van der Waals surface area (Å²) in [6, 6.07) is 5.56. The molecule has 0 aromatic heterocycles. The third-order valence-corrected chi connectivity index (χ3v) is 2.04. The number of nitrogens with zero attached hydrogens (tertiary/aromatic N) is 1. The fourth-order valence-electron chi connectivity index (χ4n) is 1.29. The summed E-state index contributed by atoms with van der Waals surface area (Å²) in [5.74, 6) is -1.42. The monoisotopic (exact) mass is 241 g/mol. The molecule has 1 aromatic rings. The summed E-state index contributed by atoms with van der Waals surface area (Å²) in [5, 5.41) is 17.1. The molecule has 17 heavy (non-hydrogen) atoms. The zero-order valence-electron chi connectivity index (χ0n) is 8.69. The molecule has 0 saturated heterocycles. The molecule has 1 aromatic carbocycles. The van der Waals surface area contributed by atoms with Gasteiger partial charge in [0.25, 0.3) is 0 Å². The van der Waals surface area contributed by atoms with Gasteiger partial charge in [-0.3, -0.25) is 0 Å². The molecule has 0 aliphatic heterocycles. The molecule has 0 atom stereocenters. The van der Waals surface area contributed by atoms with E-state index in [1.165, 1.54) is 12.1 Å². The molecule has 0 aliphatic carbocycles. The summed E-state index contributed by atoms with van der Waals surface area (Å²) in [6.45, 7) is -3.03. The first kappa shape index (κ1) is 12.9. The number of halogens is 2. The van der Waals surface area contributed by atoms with E-state index in [9.17, 15) is 13.6 Å². The van der Waals surface area contributed by atoms with Gasteiger partial charge in [-0.25, -0.2) is 4.79 Å². The number of carbonyl (C=O) groups is 1. The minimum atomic E-state index is -3.03. The summed E-state index contributed by atoms with van der Waals surface area (Å²) in [7, 11) is 0. The van der Waals surface area contributed by atoms with Crippen LogP contribution in [0.5, 0.6) is 5.75 Å². The predicted octanol–water partition coefficient (Wildman–Crippen LogP) is 2.44. The van der Waals surface area contributed by atoms with Gasteiger partial charge < -0.3 is 9.84 Å². The highest BCUT2D eigenvalue weighted by molar-refractivity contribution is 5.88. The first-order valence-electron chi connectivity index (χ1n) is 4.72. The molecular weight excluding hydrogens is 232 g/mol. The fraction of sp³-hybridized carbons (Fsp3) is 0.273. The van der Waals surface area contributed by atoms with Crippen molar-refractivity contribution < 1.29 is 23.4 Å². The number of carboxylic acids is 1. The third-order valence-electron chi connectivity index (χ3n) is 2.04. The van der Waals surface area contributed by atoms with Gasteiger partial charge in [-0.15, -0.1) is 0 Å². The molecule has 0 aliphatic rings. The van der Waals surface area contributed by atoms with E-state index < -0.39 is 12.6 Å². The SMILES string of the molecule is N#CCCc1ccc(C(=O)O)cc1OC(F)F. The number of nitriles is 1. The Balaban J connectivity index is 3.03. The fourth-order valence-corrected chi connectivity index (χ4v) is 1.29. The van der Waals surface area contributed by atoms with E-state index >= 15 is 0 Å². The maximum Gasteiger partial charge on any atom is 0.387 e. The van der Waals surface area contributed by atoms with Crippen LogP contribution in [0, 0.1) is 11.3 Å². The Labute approximate surface area is 96.0 Å². The number of ether oxygens (including phenoxy) is 1. The predicted molar refractivity (Wildman–Crippen MR) is 54.0 cm³/mol. The Morgan fingerprint density at radius 3 is 2.76 bits per heavy atom. The van der Waals surface area contributed by atoms with Crippen LogP contribution in [0.2, 0.25) is 0 Å². The zero-order valence-corrected chi connectivity index (χ0v) is 8.69. The van der Waals surface area contributed by atoms with Crippen molar-refractivity contribution >= 4 is 5.97 Å². The lowest BCUT2D eigenvalue weighted by Gasteiger charge is -2.10. The summed E-state index contributed by atoms with van der Waals surface area (Å²) >= 11 is 0. The molecule has 0 bridgehead atoms. The summed E-state index contributed by atoms with van der Waals surface area (Å²) in [5.41, 5.74) is 0.248. The van der Waals surface area contributed by atoms with Gasteiger partial charge in [-0.2, -0.15) is 14.0 Å². The van der Waals surface area contributed by atoms with Crippen molar-refractivity contribution in [3.05, 3.63) is 29.3 Å². The van der Waals surface area contributed by atoms with Gasteiger partial charge in [0.05, 0.1) is 11.6 Å². The van der Waals surface area contributed by atoms with Gasteiger partial charge in [0, 0.05) is 6.42 Å². The number of aryl methyl sites for hydroxylation is 1. The molecule has 4 nitrogen and oxygen atoms in total. The maximum atomic E-state index is 12.1. The Bertz CT molecular complexity index is 455. The smallest absolute Gasteiger partial charge is 0.387 e. The largest absolute Gasteiger partial charge is 0.478 e. The van der Waals surface area contributed by atoms with Gasteiger partial charge in [0.15, 0.2) is 0 Å². The molecule has 1 rings (SSSR count). The van der Waals surface area contributed by atoms with Crippen LogP contribution < -0.4 is 4.74 Å². The van der Waals surface area contributed by atoms with Crippen molar-refractivity contribution in [2.75, 3.05) is 0 Å². The average molecular weight is 241 g/mol. The van der Waals surface area contributed by atoms with Gasteiger partial charge in [-0.05, 0) is 24.1 Å². The molecular formula is C11H9F2NO3. The summed E-state index contributed by atoms with van der Waals surface area (Å²) in [4.78, 5) is 10.7. The van der Waals surface area contributed by atoms with Gasteiger partial charge in [-0.1, -0.05) is 6.07 Å². The number of rotatable bonds is 5. The number of carboxylic acid groups (broad SMARTS) is 1. The van der Waals surface area contributed by atoms with E-state index in [-0.39, 0.29) is 24.2 Å². The van der Waals surface area contributed by atoms with Crippen LogP contribution in [0.25, 0.3) is 0 Å². The first-order chi connectivity index (χ1) is 8.04. The van der Waals surface area contributed by atoms with E-state index in [0.29, 0.717) is 5.56 Å². The lowest BCUT2D eigenvalue weighted by atomic mass is 10.1. The number of alkyl halides is 2. The van der Waals surface area contributed by atoms with Crippen LogP contribution in [-0.2, 0) is 6.42 Å². The quantitative estimate of drug-likeness (QED) is 0.859. The highest BCUT2D eigenvalue weighted by Crippen LogP contribution is 2.23. The average Bonchev–Trinajstić information content (AvgIpc) is 2.26. The Morgan fingerprint density at radius 2 is 2.24 bits per heavy atom. The summed E-state index contributed by atoms with van der Waals surface area (Å²) in [6.07, 6.45) is 0.379. The van der Waals surface area contributed by atoms with E-state index in [2.05, 4.69) is 4.74 Å². The van der Waals surface area contributed by atoms with Crippen LogP contribution in [0.3, 0.4) is 0 Å². The lowest BCUT2D eigenvalue weighted by Crippen LogP contribution is -2.06. The van der Waals surface area contributed by atoms with Crippen molar-refractivity contribution in [2.45, 2.75) is 19.5 Å². The van der Waals surface area contributed by atoms with Crippen LogP contribution >= 0.6 is 0 Å². The van der Waals surface area contributed by atoms with Crippen molar-refractivity contribution in [2.24, 2.45) is 0 Å². The molecule has 0 amide bonds. The minimum absolute atomic E-state index is 0.138. The molecule has 0 heterocycles. The normalized spacial score (nSPS) is 10.0. The van der Waals surface area contributed by atoms with Gasteiger partial charge in [0.1, 0.15) is 5.75 Å². The van der Waals surface area contributed by atoms with Crippen LogP contribution in [0.4, 0.5) is 8.78 Å². The third kappa shape index (κ3) is 3.72. The highest BCUT2D eigenvalue weighted by atomic mass is 19.3.